The van der Waals surface area contributed by atoms with E-state index in [9.17, 15) is 4.79 Å². The summed E-state index contributed by atoms with van der Waals surface area (Å²) in [6.45, 7) is 22.9. The summed E-state index contributed by atoms with van der Waals surface area (Å²) in [5, 5.41) is 3.35. The second-order valence-corrected chi connectivity index (χ2v) is 24.2. The monoisotopic (exact) mass is 561 g/mol. The van der Waals surface area contributed by atoms with Crippen molar-refractivity contribution in [1.29, 1.82) is 0 Å². The number of ether oxygens (including phenoxy) is 1. The molecule has 1 amide bonds. The van der Waals surface area contributed by atoms with Crippen LogP contribution in [-0.4, -0.2) is 34.9 Å². The molecule has 1 aromatic carbocycles. The Labute approximate surface area is 235 Å². The van der Waals surface area contributed by atoms with Gasteiger partial charge in [0.1, 0.15) is 17.6 Å². The summed E-state index contributed by atoms with van der Waals surface area (Å²) < 4.78 is 19.5. The third-order valence-electron chi connectivity index (χ3n) is 9.65. The van der Waals surface area contributed by atoms with E-state index in [1.807, 2.05) is 0 Å². The molecule has 2 aliphatic rings. The predicted molar refractivity (Wildman–Crippen MR) is 164 cm³/mol. The molecule has 0 bridgehead atoms. The number of amides is 1. The second-order valence-electron chi connectivity index (χ2n) is 14.8. The molecular weight excluding hydrogens is 507 g/mol. The smallest absolute Gasteiger partial charge is 0.407 e. The Morgan fingerprint density at radius 1 is 0.789 bits per heavy atom. The Kier molecular flexibility index (Phi) is 9.77. The molecule has 1 aromatic rings. The zero-order valence-electron chi connectivity index (χ0n) is 26.0. The van der Waals surface area contributed by atoms with Crippen LogP contribution in [0.4, 0.5) is 4.79 Å². The van der Waals surface area contributed by atoms with Gasteiger partial charge in [-0.05, 0) is 92.3 Å². The molecule has 0 radical (unpaired) electrons. The molecule has 0 spiro atoms. The lowest BCUT2D eigenvalue weighted by atomic mass is 9.82. The quantitative estimate of drug-likeness (QED) is 0.337. The maximum Gasteiger partial charge on any atom is 0.407 e. The van der Waals surface area contributed by atoms with Gasteiger partial charge in [0.25, 0.3) is 0 Å². The van der Waals surface area contributed by atoms with Crippen molar-refractivity contribution in [2.45, 2.75) is 154 Å². The van der Waals surface area contributed by atoms with Gasteiger partial charge < -0.3 is 18.9 Å². The summed E-state index contributed by atoms with van der Waals surface area (Å²) in [5.74, 6) is 2.32. The third-order valence-corrected chi connectivity index (χ3v) is 18.4. The SMILES string of the molecule is CC(C)(C)[Si](C)(C)Oc1ccc(C2CCC(OC(=O)NC3CCCCC3)CC2)c(O[Si](C)(C)C(C)(C)C)c1. The number of hydrogen-bond acceptors (Lipinski definition) is 4. The zero-order chi connectivity index (χ0) is 28.4. The number of rotatable bonds is 7. The van der Waals surface area contributed by atoms with Crippen LogP contribution in [0.25, 0.3) is 0 Å². The van der Waals surface area contributed by atoms with Gasteiger partial charge in [-0.1, -0.05) is 66.9 Å². The van der Waals surface area contributed by atoms with Gasteiger partial charge in [-0.2, -0.15) is 0 Å². The van der Waals surface area contributed by atoms with Crippen molar-refractivity contribution >= 4 is 22.7 Å². The number of benzene rings is 1. The Bertz CT molecular complexity index is 934. The molecule has 2 fully saturated rings. The normalized spacial score (nSPS) is 22.1. The van der Waals surface area contributed by atoms with E-state index in [1.165, 1.54) is 24.8 Å². The summed E-state index contributed by atoms with van der Waals surface area (Å²) in [4.78, 5) is 12.5. The summed E-state index contributed by atoms with van der Waals surface area (Å²) in [6, 6.07) is 6.84. The summed E-state index contributed by atoms with van der Waals surface area (Å²) in [5.41, 5.74) is 1.28. The standard InChI is InChI=1S/C31H55NO4Si2/c1-30(2,3)37(7,8)35-26-20-21-27(28(22-26)36-38(9,10)31(4,5)6)23-16-18-25(19-17-23)34-29(33)32-24-14-12-11-13-15-24/h20-25H,11-19H2,1-10H3,(H,32,33). The lowest BCUT2D eigenvalue weighted by molar-refractivity contribution is 0.0677. The van der Waals surface area contributed by atoms with Crippen LogP contribution in [0.2, 0.25) is 36.3 Å². The fourth-order valence-corrected chi connectivity index (χ4v) is 7.03. The molecule has 0 aliphatic heterocycles. The van der Waals surface area contributed by atoms with Crippen molar-refractivity contribution < 1.29 is 18.4 Å². The van der Waals surface area contributed by atoms with Gasteiger partial charge in [-0.15, -0.1) is 0 Å². The highest BCUT2D eigenvalue weighted by molar-refractivity contribution is 6.75. The van der Waals surface area contributed by atoms with Gasteiger partial charge in [0.05, 0.1) is 0 Å². The van der Waals surface area contributed by atoms with Crippen LogP contribution in [0.1, 0.15) is 111 Å². The highest BCUT2D eigenvalue weighted by atomic mass is 28.4. The molecule has 0 saturated heterocycles. The summed E-state index contributed by atoms with van der Waals surface area (Å²) >= 11 is 0. The highest BCUT2D eigenvalue weighted by Gasteiger charge is 2.41. The van der Waals surface area contributed by atoms with Crippen LogP contribution in [0, 0.1) is 0 Å². The topological polar surface area (TPSA) is 56.8 Å². The van der Waals surface area contributed by atoms with Gasteiger partial charge in [-0.25, -0.2) is 4.79 Å². The Morgan fingerprint density at radius 3 is 1.89 bits per heavy atom. The van der Waals surface area contributed by atoms with Crippen LogP contribution < -0.4 is 14.2 Å². The van der Waals surface area contributed by atoms with E-state index in [0.717, 1.165) is 50.0 Å². The van der Waals surface area contributed by atoms with E-state index < -0.39 is 16.6 Å². The molecule has 216 valence electrons. The van der Waals surface area contributed by atoms with Crippen molar-refractivity contribution in [2.75, 3.05) is 0 Å². The first-order chi connectivity index (χ1) is 17.5. The number of hydrogen-bond donors (Lipinski definition) is 1. The van der Waals surface area contributed by atoms with Crippen LogP contribution >= 0.6 is 0 Å². The van der Waals surface area contributed by atoms with E-state index in [-0.39, 0.29) is 28.3 Å². The number of nitrogens with one attached hydrogen (secondary N) is 1. The molecule has 2 aliphatic carbocycles. The van der Waals surface area contributed by atoms with E-state index in [1.54, 1.807) is 0 Å². The molecule has 0 atom stereocenters. The minimum absolute atomic E-state index is 0.000733. The lowest BCUT2D eigenvalue weighted by Crippen LogP contribution is -2.44. The minimum Gasteiger partial charge on any atom is -0.543 e. The number of carbonyl (C=O) groups excluding carboxylic acids is 1. The first kappa shape index (κ1) is 31.1. The Hall–Kier alpha value is -1.48. The maximum atomic E-state index is 12.5. The lowest BCUT2D eigenvalue weighted by Gasteiger charge is -2.39. The van der Waals surface area contributed by atoms with Gasteiger partial charge >= 0.3 is 6.09 Å². The van der Waals surface area contributed by atoms with Crippen LogP contribution in [-0.2, 0) is 4.74 Å². The largest absolute Gasteiger partial charge is 0.543 e. The van der Waals surface area contributed by atoms with Crippen molar-refractivity contribution in [3.8, 4) is 11.5 Å². The first-order valence-corrected chi connectivity index (χ1v) is 20.8. The van der Waals surface area contributed by atoms with E-state index in [4.69, 9.17) is 13.6 Å². The molecule has 1 N–H and O–H groups in total. The van der Waals surface area contributed by atoms with Crippen molar-refractivity contribution in [1.82, 2.24) is 5.32 Å². The molecule has 0 aromatic heterocycles. The minimum atomic E-state index is -2.04. The number of alkyl carbamates (subject to hydrolysis) is 1. The van der Waals surface area contributed by atoms with Crippen LogP contribution in [0.5, 0.6) is 11.5 Å². The molecule has 38 heavy (non-hydrogen) atoms. The summed E-state index contributed by atoms with van der Waals surface area (Å²) in [6.07, 6.45) is 9.40. The van der Waals surface area contributed by atoms with Gasteiger partial charge in [0.2, 0.25) is 16.6 Å². The average Bonchev–Trinajstić information content (AvgIpc) is 2.78. The van der Waals surface area contributed by atoms with Gasteiger partial charge in [0.15, 0.2) is 0 Å². The third kappa shape index (κ3) is 8.03. The molecule has 2 saturated carbocycles. The van der Waals surface area contributed by atoms with Gasteiger partial charge in [-0.3, -0.25) is 0 Å². The maximum absolute atomic E-state index is 12.5. The van der Waals surface area contributed by atoms with Crippen molar-refractivity contribution in [3.63, 3.8) is 0 Å². The first-order valence-electron chi connectivity index (χ1n) is 15.0. The van der Waals surface area contributed by atoms with Gasteiger partial charge in [0, 0.05) is 12.1 Å². The average molecular weight is 562 g/mol. The Balaban J connectivity index is 1.72. The Morgan fingerprint density at radius 2 is 1.34 bits per heavy atom. The highest BCUT2D eigenvalue weighted by Crippen LogP contribution is 2.45. The molecule has 7 heteroatoms. The molecular formula is C31H55NO4Si2. The second kappa shape index (κ2) is 12.0. The molecule has 0 heterocycles. The predicted octanol–water partition coefficient (Wildman–Crippen LogP) is 9.54. The number of carbonyl (C=O) groups is 1. The fraction of sp³-hybridized carbons (Fsp3) is 0.774. The van der Waals surface area contributed by atoms with Crippen molar-refractivity contribution in [2.24, 2.45) is 0 Å². The van der Waals surface area contributed by atoms with Crippen LogP contribution in [0.15, 0.2) is 18.2 Å². The summed E-state index contributed by atoms with van der Waals surface area (Å²) in [7, 11) is -4.00. The molecule has 5 nitrogen and oxygen atoms in total. The molecule has 3 rings (SSSR count). The van der Waals surface area contributed by atoms with E-state index in [0.29, 0.717) is 5.92 Å². The zero-order valence-corrected chi connectivity index (χ0v) is 28.0. The van der Waals surface area contributed by atoms with Crippen molar-refractivity contribution in [3.05, 3.63) is 23.8 Å². The van der Waals surface area contributed by atoms with E-state index >= 15 is 0 Å². The molecule has 0 unspecified atom stereocenters. The van der Waals surface area contributed by atoms with E-state index in [2.05, 4.69) is 91.2 Å². The van der Waals surface area contributed by atoms with Crippen LogP contribution in [0.3, 0.4) is 0 Å². The fourth-order valence-electron chi connectivity index (χ4n) is 4.97.